The molecule has 18 heavy (non-hydrogen) atoms. The van der Waals surface area contributed by atoms with E-state index in [1.54, 1.807) is 20.3 Å². The summed E-state index contributed by atoms with van der Waals surface area (Å²) in [5, 5.41) is 2.78. The van der Waals surface area contributed by atoms with Crippen LogP contribution in [-0.4, -0.2) is 26.2 Å². The van der Waals surface area contributed by atoms with Crippen LogP contribution in [0.15, 0.2) is 18.2 Å². The lowest BCUT2D eigenvalue weighted by Gasteiger charge is -2.13. The molecule has 5 heteroatoms. The minimum absolute atomic E-state index is 0.164. The highest BCUT2D eigenvalue weighted by Gasteiger charge is 2.12. The van der Waals surface area contributed by atoms with E-state index in [-0.39, 0.29) is 5.91 Å². The van der Waals surface area contributed by atoms with Crippen molar-refractivity contribution in [2.75, 3.05) is 14.2 Å². The fraction of sp³-hybridized carbons (Fsp3) is 0.462. The monoisotopic (exact) mass is 252 g/mol. The largest absolute Gasteiger partial charge is 0.497 e. The van der Waals surface area contributed by atoms with Crippen LogP contribution >= 0.6 is 0 Å². The Kier molecular flexibility index (Phi) is 5.45. The van der Waals surface area contributed by atoms with Gasteiger partial charge in [0.1, 0.15) is 11.5 Å². The van der Waals surface area contributed by atoms with Crippen molar-refractivity contribution in [3.05, 3.63) is 23.8 Å². The first-order valence-corrected chi connectivity index (χ1v) is 5.86. The third-order valence-corrected chi connectivity index (χ3v) is 2.72. The highest BCUT2D eigenvalue weighted by atomic mass is 16.5. The predicted molar refractivity (Wildman–Crippen MR) is 69.7 cm³/mol. The van der Waals surface area contributed by atoms with Gasteiger partial charge in [-0.1, -0.05) is 6.92 Å². The summed E-state index contributed by atoms with van der Waals surface area (Å²) < 4.78 is 10.4. The van der Waals surface area contributed by atoms with Gasteiger partial charge >= 0.3 is 0 Å². The highest BCUT2D eigenvalue weighted by molar-refractivity contribution is 5.81. The molecular formula is C13H20N2O3. The van der Waals surface area contributed by atoms with E-state index in [4.69, 9.17) is 15.2 Å². The van der Waals surface area contributed by atoms with Crippen molar-refractivity contribution in [3.63, 3.8) is 0 Å². The van der Waals surface area contributed by atoms with Crippen LogP contribution in [0.25, 0.3) is 0 Å². The number of benzene rings is 1. The summed E-state index contributed by atoms with van der Waals surface area (Å²) in [6, 6.07) is 4.97. The van der Waals surface area contributed by atoms with Crippen LogP contribution in [0.1, 0.15) is 18.9 Å². The maximum absolute atomic E-state index is 11.6. The van der Waals surface area contributed by atoms with Gasteiger partial charge in [0.05, 0.1) is 20.3 Å². The van der Waals surface area contributed by atoms with Gasteiger partial charge in [-0.25, -0.2) is 0 Å². The number of carbonyl (C=O) groups is 1. The topological polar surface area (TPSA) is 73.6 Å². The normalized spacial score (nSPS) is 11.8. The van der Waals surface area contributed by atoms with Crippen molar-refractivity contribution in [3.8, 4) is 11.5 Å². The summed E-state index contributed by atoms with van der Waals surface area (Å²) in [5.74, 6) is 1.27. The molecule has 0 unspecified atom stereocenters. The summed E-state index contributed by atoms with van der Waals surface area (Å²) in [5.41, 5.74) is 6.49. The first-order chi connectivity index (χ1) is 8.62. The second-order valence-electron chi connectivity index (χ2n) is 3.91. The molecule has 1 aromatic carbocycles. The lowest BCUT2D eigenvalue weighted by Crippen LogP contribution is -2.39. The third kappa shape index (κ3) is 3.63. The highest BCUT2D eigenvalue weighted by Crippen LogP contribution is 2.23. The van der Waals surface area contributed by atoms with Gasteiger partial charge in [0, 0.05) is 12.1 Å². The Morgan fingerprint density at radius 1 is 1.39 bits per heavy atom. The van der Waals surface area contributed by atoms with E-state index < -0.39 is 6.04 Å². The predicted octanol–water partition coefficient (Wildman–Crippen LogP) is 1.06. The van der Waals surface area contributed by atoms with Crippen molar-refractivity contribution in [2.45, 2.75) is 25.9 Å². The minimum Gasteiger partial charge on any atom is -0.497 e. The molecule has 1 amide bonds. The maximum Gasteiger partial charge on any atom is 0.237 e. The van der Waals surface area contributed by atoms with Crippen LogP contribution in [-0.2, 0) is 11.3 Å². The molecule has 0 fully saturated rings. The fourth-order valence-electron chi connectivity index (χ4n) is 1.52. The Balaban J connectivity index is 2.73. The Morgan fingerprint density at radius 2 is 2.11 bits per heavy atom. The van der Waals surface area contributed by atoms with E-state index in [0.29, 0.717) is 18.7 Å². The van der Waals surface area contributed by atoms with Gasteiger partial charge in [-0.05, 0) is 24.6 Å². The second kappa shape index (κ2) is 6.86. The van der Waals surface area contributed by atoms with Gasteiger partial charge in [0.15, 0.2) is 0 Å². The number of hydrogen-bond donors (Lipinski definition) is 2. The Labute approximate surface area is 107 Å². The van der Waals surface area contributed by atoms with Gasteiger partial charge in [0.25, 0.3) is 0 Å². The number of hydrogen-bond acceptors (Lipinski definition) is 4. The average molecular weight is 252 g/mol. The number of nitrogens with two attached hydrogens (primary N) is 1. The van der Waals surface area contributed by atoms with Crippen molar-refractivity contribution < 1.29 is 14.3 Å². The molecule has 0 aliphatic carbocycles. The summed E-state index contributed by atoms with van der Waals surface area (Å²) in [6.45, 7) is 2.24. The van der Waals surface area contributed by atoms with Crippen molar-refractivity contribution in [2.24, 2.45) is 5.73 Å². The van der Waals surface area contributed by atoms with Crippen LogP contribution in [0.5, 0.6) is 11.5 Å². The lowest BCUT2D eigenvalue weighted by molar-refractivity contribution is -0.122. The average Bonchev–Trinajstić information content (AvgIpc) is 2.43. The van der Waals surface area contributed by atoms with Gasteiger partial charge in [-0.2, -0.15) is 0 Å². The molecule has 0 saturated carbocycles. The molecule has 0 saturated heterocycles. The molecule has 1 rings (SSSR count). The molecular weight excluding hydrogens is 232 g/mol. The zero-order valence-corrected chi connectivity index (χ0v) is 11.0. The minimum atomic E-state index is -0.471. The Bertz CT molecular complexity index is 407. The van der Waals surface area contributed by atoms with Crippen LogP contribution in [0.2, 0.25) is 0 Å². The zero-order valence-electron chi connectivity index (χ0n) is 11.0. The second-order valence-corrected chi connectivity index (χ2v) is 3.91. The summed E-state index contributed by atoms with van der Waals surface area (Å²) in [4.78, 5) is 11.6. The van der Waals surface area contributed by atoms with E-state index in [1.807, 2.05) is 19.1 Å². The van der Waals surface area contributed by atoms with Crippen molar-refractivity contribution in [1.29, 1.82) is 0 Å². The Morgan fingerprint density at radius 3 is 2.67 bits per heavy atom. The SMILES string of the molecule is CC[C@H](N)C(=O)NCc1cc(OC)ccc1OC. The van der Waals surface area contributed by atoms with Crippen molar-refractivity contribution in [1.82, 2.24) is 5.32 Å². The van der Waals surface area contributed by atoms with E-state index in [1.165, 1.54) is 0 Å². The summed E-state index contributed by atoms with van der Waals surface area (Å²) in [7, 11) is 3.18. The van der Waals surface area contributed by atoms with Gasteiger partial charge in [-0.15, -0.1) is 0 Å². The standard InChI is InChI=1S/C13H20N2O3/c1-4-11(14)13(16)15-8-9-7-10(17-2)5-6-12(9)18-3/h5-7,11H,4,8,14H2,1-3H3,(H,15,16)/t11-/m0/s1. The Hall–Kier alpha value is -1.75. The van der Waals surface area contributed by atoms with E-state index in [2.05, 4.69) is 5.32 Å². The molecule has 0 aromatic heterocycles. The van der Waals surface area contributed by atoms with Gasteiger partial charge in [-0.3, -0.25) is 4.79 Å². The fourth-order valence-corrected chi connectivity index (χ4v) is 1.52. The number of amides is 1. The van der Waals surface area contributed by atoms with Gasteiger partial charge in [0.2, 0.25) is 5.91 Å². The third-order valence-electron chi connectivity index (χ3n) is 2.72. The number of ether oxygens (including phenoxy) is 2. The number of rotatable bonds is 6. The molecule has 0 aliphatic heterocycles. The maximum atomic E-state index is 11.6. The van der Waals surface area contributed by atoms with Crippen LogP contribution in [0, 0.1) is 0 Å². The first-order valence-electron chi connectivity index (χ1n) is 5.86. The van der Waals surface area contributed by atoms with Crippen LogP contribution < -0.4 is 20.5 Å². The zero-order chi connectivity index (χ0) is 13.5. The lowest BCUT2D eigenvalue weighted by atomic mass is 10.1. The van der Waals surface area contributed by atoms with E-state index in [0.717, 1.165) is 11.3 Å². The molecule has 100 valence electrons. The molecule has 0 radical (unpaired) electrons. The number of carbonyl (C=O) groups excluding carboxylic acids is 1. The molecule has 1 atom stereocenters. The smallest absolute Gasteiger partial charge is 0.237 e. The molecule has 0 spiro atoms. The number of nitrogens with one attached hydrogen (secondary N) is 1. The molecule has 0 heterocycles. The van der Waals surface area contributed by atoms with Gasteiger partial charge < -0.3 is 20.5 Å². The van der Waals surface area contributed by atoms with Crippen molar-refractivity contribution >= 4 is 5.91 Å². The quantitative estimate of drug-likeness (QED) is 0.794. The molecule has 3 N–H and O–H groups in total. The van der Waals surface area contributed by atoms with E-state index in [9.17, 15) is 4.79 Å². The summed E-state index contributed by atoms with van der Waals surface area (Å²) >= 11 is 0. The molecule has 5 nitrogen and oxygen atoms in total. The number of methoxy groups -OCH3 is 2. The van der Waals surface area contributed by atoms with E-state index >= 15 is 0 Å². The molecule has 0 bridgehead atoms. The molecule has 1 aromatic rings. The van der Waals surface area contributed by atoms with Crippen LogP contribution in [0.4, 0.5) is 0 Å². The first kappa shape index (κ1) is 14.3. The summed E-state index contributed by atoms with van der Waals surface area (Å²) in [6.07, 6.45) is 0.612. The molecule has 0 aliphatic rings. The van der Waals surface area contributed by atoms with Crippen LogP contribution in [0.3, 0.4) is 0 Å².